The minimum absolute atomic E-state index is 0.691. The fourth-order valence-electron chi connectivity index (χ4n) is 4.62. The van der Waals surface area contributed by atoms with Crippen LogP contribution in [0.25, 0.3) is 0 Å². The maximum atomic E-state index is 5.88. The number of likely N-dealkylation sites (tertiary alicyclic amines) is 2. The Morgan fingerprint density at radius 3 is 2.68 bits per heavy atom. The van der Waals surface area contributed by atoms with Gasteiger partial charge in [0.05, 0.1) is 0 Å². The van der Waals surface area contributed by atoms with Gasteiger partial charge in [0.1, 0.15) is 0 Å². The van der Waals surface area contributed by atoms with Crippen LogP contribution in [0.2, 0.25) is 0 Å². The summed E-state index contributed by atoms with van der Waals surface area (Å²) in [5.74, 6) is 2.59. The third kappa shape index (κ3) is 7.53. The first kappa shape index (κ1) is 21.8. The van der Waals surface area contributed by atoms with Crippen LogP contribution in [0.5, 0.6) is 0 Å². The number of hydrogen-bond acceptors (Lipinski definition) is 4. The van der Waals surface area contributed by atoms with Crippen molar-refractivity contribution < 1.29 is 9.47 Å². The molecular formula is C22H42N4O2. The highest BCUT2D eigenvalue weighted by atomic mass is 16.5. The van der Waals surface area contributed by atoms with E-state index < -0.39 is 0 Å². The molecule has 3 saturated heterocycles. The number of hydrogen-bond donors (Lipinski definition) is 1. The lowest BCUT2D eigenvalue weighted by Crippen LogP contribution is -2.41. The molecule has 6 nitrogen and oxygen atoms in total. The van der Waals surface area contributed by atoms with Crippen LogP contribution >= 0.6 is 0 Å². The SMILES string of the molecule is CCNC(=NCCCOCC1CCOCC1)N1CCC(CN2CCCCC2)C1. The molecule has 3 fully saturated rings. The second-order valence-electron chi connectivity index (χ2n) is 8.68. The first-order chi connectivity index (χ1) is 13.8. The third-order valence-electron chi connectivity index (χ3n) is 6.29. The monoisotopic (exact) mass is 394 g/mol. The van der Waals surface area contributed by atoms with Crippen molar-refractivity contribution in [2.75, 3.05) is 72.2 Å². The molecule has 0 aromatic heterocycles. The highest BCUT2D eigenvalue weighted by molar-refractivity contribution is 5.80. The van der Waals surface area contributed by atoms with Crippen molar-refractivity contribution in [1.29, 1.82) is 0 Å². The summed E-state index contributed by atoms with van der Waals surface area (Å²) in [7, 11) is 0. The van der Waals surface area contributed by atoms with Crippen molar-refractivity contribution in [3.63, 3.8) is 0 Å². The van der Waals surface area contributed by atoms with E-state index in [2.05, 4.69) is 22.0 Å². The minimum Gasteiger partial charge on any atom is -0.381 e. The predicted octanol–water partition coefficient (Wildman–Crippen LogP) is 2.59. The summed E-state index contributed by atoms with van der Waals surface area (Å²) < 4.78 is 11.3. The molecule has 3 aliphatic heterocycles. The second-order valence-corrected chi connectivity index (χ2v) is 8.68. The molecule has 0 aliphatic carbocycles. The molecular weight excluding hydrogens is 352 g/mol. The molecule has 1 N–H and O–H groups in total. The lowest BCUT2D eigenvalue weighted by Gasteiger charge is -2.29. The van der Waals surface area contributed by atoms with Gasteiger partial charge in [0.15, 0.2) is 5.96 Å². The lowest BCUT2D eigenvalue weighted by atomic mass is 10.0. The van der Waals surface area contributed by atoms with Gasteiger partial charge in [-0.2, -0.15) is 0 Å². The Morgan fingerprint density at radius 1 is 1.07 bits per heavy atom. The fraction of sp³-hybridized carbons (Fsp3) is 0.955. The highest BCUT2D eigenvalue weighted by Gasteiger charge is 2.26. The zero-order valence-corrected chi connectivity index (χ0v) is 18.0. The Hall–Kier alpha value is -0.850. The van der Waals surface area contributed by atoms with Gasteiger partial charge >= 0.3 is 0 Å². The normalized spacial score (nSPS) is 25.4. The third-order valence-corrected chi connectivity index (χ3v) is 6.29. The Labute approximate surface area is 172 Å². The van der Waals surface area contributed by atoms with Gasteiger partial charge in [-0.3, -0.25) is 4.99 Å². The maximum Gasteiger partial charge on any atom is 0.193 e. The molecule has 28 heavy (non-hydrogen) atoms. The molecule has 6 heteroatoms. The maximum absolute atomic E-state index is 5.88. The van der Waals surface area contributed by atoms with E-state index in [1.54, 1.807) is 0 Å². The standard InChI is InChI=1S/C22H42N4O2/c1-2-23-22(24-10-6-14-28-19-20-8-15-27-16-9-20)26-13-7-21(18-26)17-25-11-4-3-5-12-25/h20-21H,2-19H2,1H3,(H,23,24). The first-order valence-electron chi connectivity index (χ1n) is 11.8. The molecule has 1 unspecified atom stereocenters. The molecule has 3 aliphatic rings. The molecule has 3 heterocycles. The van der Waals surface area contributed by atoms with E-state index in [1.807, 2.05) is 0 Å². The molecule has 0 radical (unpaired) electrons. The highest BCUT2D eigenvalue weighted by Crippen LogP contribution is 2.20. The molecule has 0 aromatic carbocycles. The molecule has 3 rings (SSSR count). The minimum atomic E-state index is 0.691. The Morgan fingerprint density at radius 2 is 1.89 bits per heavy atom. The van der Waals surface area contributed by atoms with Crippen molar-refractivity contribution in [2.24, 2.45) is 16.8 Å². The van der Waals surface area contributed by atoms with E-state index in [9.17, 15) is 0 Å². The van der Waals surface area contributed by atoms with Crippen LogP contribution in [0.4, 0.5) is 0 Å². The Bertz CT molecular complexity index is 448. The van der Waals surface area contributed by atoms with Crippen molar-refractivity contribution in [3.05, 3.63) is 0 Å². The number of rotatable bonds is 9. The number of piperidine rings is 1. The molecule has 0 amide bonds. The molecule has 1 atom stereocenters. The summed E-state index contributed by atoms with van der Waals surface area (Å²) in [6, 6.07) is 0. The topological polar surface area (TPSA) is 49.3 Å². The van der Waals surface area contributed by atoms with E-state index in [4.69, 9.17) is 14.5 Å². The van der Waals surface area contributed by atoms with E-state index >= 15 is 0 Å². The van der Waals surface area contributed by atoms with Gasteiger partial charge in [0.25, 0.3) is 0 Å². The van der Waals surface area contributed by atoms with Crippen LogP contribution in [0, 0.1) is 11.8 Å². The summed E-state index contributed by atoms with van der Waals surface area (Å²) >= 11 is 0. The Kier molecular flexibility index (Phi) is 9.88. The van der Waals surface area contributed by atoms with Gasteiger partial charge in [0, 0.05) is 59.2 Å². The Balaban J connectivity index is 1.32. The van der Waals surface area contributed by atoms with Gasteiger partial charge in [0.2, 0.25) is 0 Å². The number of nitrogens with one attached hydrogen (secondary N) is 1. The molecule has 162 valence electrons. The molecule has 0 saturated carbocycles. The van der Waals surface area contributed by atoms with Crippen LogP contribution in [0.1, 0.15) is 51.9 Å². The van der Waals surface area contributed by atoms with Gasteiger partial charge in [-0.05, 0) is 70.4 Å². The predicted molar refractivity (Wildman–Crippen MR) is 115 cm³/mol. The zero-order chi connectivity index (χ0) is 19.4. The average molecular weight is 395 g/mol. The van der Waals surface area contributed by atoms with Crippen LogP contribution in [0.15, 0.2) is 4.99 Å². The van der Waals surface area contributed by atoms with Gasteiger partial charge in [-0.25, -0.2) is 0 Å². The van der Waals surface area contributed by atoms with Crippen molar-refractivity contribution in [2.45, 2.75) is 51.9 Å². The second kappa shape index (κ2) is 12.7. The number of nitrogens with zero attached hydrogens (tertiary/aromatic N) is 3. The van der Waals surface area contributed by atoms with Gasteiger partial charge in [-0.15, -0.1) is 0 Å². The summed E-state index contributed by atoms with van der Waals surface area (Å²) in [5, 5.41) is 3.50. The molecule has 0 aromatic rings. The molecule has 0 spiro atoms. The van der Waals surface area contributed by atoms with E-state index in [1.165, 1.54) is 45.3 Å². The van der Waals surface area contributed by atoms with Gasteiger partial charge < -0.3 is 24.6 Å². The van der Waals surface area contributed by atoms with Crippen LogP contribution in [-0.2, 0) is 9.47 Å². The van der Waals surface area contributed by atoms with Crippen molar-refractivity contribution in [1.82, 2.24) is 15.1 Å². The van der Waals surface area contributed by atoms with Crippen LogP contribution < -0.4 is 5.32 Å². The van der Waals surface area contributed by atoms with E-state index in [0.29, 0.717) is 5.92 Å². The summed E-state index contributed by atoms with van der Waals surface area (Å²) in [6.45, 7) is 13.6. The fourth-order valence-corrected chi connectivity index (χ4v) is 4.62. The number of ether oxygens (including phenoxy) is 2. The lowest BCUT2D eigenvalue weighted by molar-refractivity contribution is 0.0205. The first-order valence-corrected chi connectivity index (χ1v) is 11.8. The summed E-state index contributed by atoms with van der Waals surface area (Å²) in [6.07, 6.45) is 8.79. The summed E-state index contributed by atoms with van der Waals surface area (Å²) in [4.78, 5) is 10.0. The van der Waals surface area contributed by atoms with E-state index in [0.717, 1.165) is 83.7 Å². The zero-order valence-electron chi connectivity index (χ0n) is 18.0. The van der Waals surface area contributed by atoms with Crippen LogP contribution in [-0.4, -0.2) is 88.0 Å². The number of guanidine groups is 1. The average Bonchev–Trinajstić information content (AvgIpc) is 3.19. The smallest absolute Gasteiger partial charge is 0.193 e. The number of aliphatic imine (C=N–C) groups is 1. The van der Waals surface area contributed by atoms with E-state index in [-0.39, 0.29) is 0 Å². The van der Waals surface area contributed by atoms with Crippen molar-refractivity contribution in [3.8, 4) is 0 Å². The van der Waals surface area contributed by atoms with Crippen LogP contribution in [0.3, 0.4) is 0 Å². The largest absolute Gasteiger partial charge is 0.381 e. The summed E-state index contributed by atoms with van der Waals surface area (Å²) in [5.41, 5.74) is 0. The van der Waals surface area contributed by atoms with Gasteiger partial charge in [-0.1, -0.05) is 6.42 Å². The quantitative estimate of drug-likeness (QED) is 0.370. The van der Waals surface area contributed by atoms with Crippen molar-refractivity contribution >= 4 is 5.96 Å². The molecule has 0 bridgehead atoms.